The zero-order chi connectivity index (χ0) is 18.8. The third kappa shape index (κ3) is 3.57. The van der Waals surface area contributed by atoms with Crippen LogP contribution in [0.5, 0.6) is 0 Å². The molecular formula is C18H17BrFN3O2S. The molecule has 1 heterocycles. The molecule has 0 spiro atoms. The number of aryl methyl sites for hydroxylation is 2. The molecule has 8 heteroatoms. The van der Waals surface area contributed by atoms with Crippen molar-refractivity contribution in [3.05, 3.63) is 52.0 Å². The first kappa shape index (κ1) is 18.7. The van der Waals surface area contributed by atoms with Crippen LogP contribution in [-0.4, -0.2) is 32.6 Å². The van der Waals surface area contributed by atoms with Crippen molar-refractivity contribution < 1.29 is 14.3 Å². The molecule has 2 aromatic carbocycles. The highest BCUT2D eigenvalue weighted by Gasteiger charge is 2.21. The Balaban J connectivity index is 2.13. The standard InChI is InChI=1S/C18H17BrFN3O2S/c1-10-7-11(19)3-4-13(10)22-16-12(18(24)25)8-14-17(15(16)20)21-9-23(14)5-6-26-2/h3-4,7-9,22H,5-6H2,1-2H3,(H,24,25). The summed E-state index contributed by atoms with van der Waals surface area (Å²) in [7, 11) is 0. The lowest BCUT2D eigenvalue weighted by atomic mass is 10.1. The maximum Gasteiger partial charge on any atom is 0.338 e. The Morgan fingerprint density at radius 3 is 2.85 bits per heavy atom. The second kappa shape index (κ2) is 7.67. The molecule has 0 radical (unpaired) electrons. The van der Waals surface area contributed by atoms with Crippen LogP contribution in [0.2, 0.25) is 0 Å². The number of imidazole rings is 1. The quantitative estimate of drug-likeness (QED) is 0.564. The van der Waals surface area contributed by atoms with Gasteiger partial charge in [-0.05, 0) is 43.0 Å². The van der Waals surface area contributed by atoms with Gasteiger partial charge in [-0.3, -0.25) is 0 Å². The summed E-state index contributed by atoms with van der Waals surface area (Å²) in [5, 5.41) is 12.5. The van der Waals surface area contributed by atoms with Crippen LogP contribution in [0, 0.1) is 12.7 Å². The third-order valence-electron chi connectivity index (χ3n) is 4.07. The lowest BCUT2D eigenvalue weighted by Crippen LogP contribution is -2.08. The van der Waals surface area contributed by atoms with E-state index in [1.165, 1.54) is 6.07 Å². The molecule has 3 rings (SSSR count). The molecule has 0 saturated carbocycles. The number of benzene rings is 2. The number of hydrogen-bond donors (Lipinski definition) is 2. The molecule has 0 amide bonds. The van der Waals surface area contributed by atoms with Crippen molar-refractivity contribution in [2.45, 2.75) is 13.5 Å². The predicted molar refractivity (Wildman–Crippen MR) is 107 cm³/mol. The van der Waals surface area contributed by atoms with Gasteiger partial charge in [0.05, 0.1) is 23.1 Å². The summed E-state index contributed by atoms with van der Waals surface area (Å²) in [6.45, 7) is 2.50. The lowest BCUT2D eigenvalue weighted by molar-refractivity contribution is 0.0697. The van der Waals surface area contributed by atoms with Gasteiger partial charge in [0.1, 0.15) is 5.52 Å². The molecule has 5 nitrogen and oxygen atoms in total. The van der Waals surface area contributed by atoms with Crippen molar-refractivity contribution in [3.63, 3.8) is 0 Å². The number of nitrogens with zero attached hydrogens (tertiary/aromatic N) is 2. The number of nitrogens with one attached hydrogen (secondary N) is 1. The maximum atomic E-state index is 15.1. The maximum absolute atomic E-state index is 15.1. The van der Waals surface area contributed by atoms with Crippen molar-refractivity contribution >= 4 is 56.1 Å². The van der Waals surface area contributed by atoms with Crippen LogP contribution >= 0.6 is 27.7 Å². The predicted octanol–water partition coefficient (Wildman–Crippen LogP) is 5.05. The number of hydrogen-bond acceptors (Lipinski definition) is 4. The molecule has 0 unspecified atom stereocenters. The highest BCUT2D eigenvalue weighted by Crippen LogP contribution is 2.32. The first-order valence-electron chi connectivity index (χ1n) is 7.85. The van der Waals surface area contributed by atoms with E-state index in [9.17, 15) is 9.90 Å². The molecule has 0 aliphatic heterocycles. The number of aromatic nitrogens is 2. The summed E-state index contributed by atoms with van der Waals surface area (Å²) in [4.78, 5) is 15.9. The Hall–Kier alpha value is -2.06. The van der Waals surface area contributed by atoms with E-state index in [-0.39, 0.29) is 16.8 Å². The van der Waals surface area contributed by atoms with Gasteiger partial charge in [-0.1, -0.05) is 15.9 Å². The molecule has 1 aromatic heterocycles. The third-order valence-corrected chi connectivity index (χ3v) is 5.15. The van der Waals surface area contributed by atoms with E-state index < -0.39 is 11.8 Å². The van der Waals surface area contributed by atoms with Gasteiger partial charge in [0, 0.05) is 22.5 Å². The van der Waals surface area contributed by atoms with Gasteiger partial charge in [-0.2, -0.15) is 11.8 Å². The summed E-state index contributed by atoms with van der Waals surface area (Å²) >= 11 is 5.04. The number of carboxylic acids is 1. The molecule has 0 aliphatic carbocycles. The zero-order valence-electron chi connectivity index (χ0n) is 14.2. The average Bonchev–Trinajstić information content (AvgIpc) is 3.00. The second-order valence-electron chi connectivity index (χ2n) is 5.80. The van der Waals surface area contributed by atoms with E-state index in [2.05, 4.69) is 26.2 Å². The van der Waals surface area contributed by atoms with Crippen molar-refractivity contribution in [2.75, 3.05) is 17.3 Å². The summed E-state index contributed by atoms with van der Waals surface area (Å²) in [5.41, 5.74) is 1.94. The summed E-state index contributed by atoms with van der Waals surface area (Å²) < 4.78 is 17.8. The molecule has 0 bridgehead atoms. The number of fused-ring (bicyclic) bond motifs is 1. The summed E-state index contributed by atoms with van der Waals surface area (Å²) in [6.07, 6.45) is 3.52. The van der Waals surface area contributed by atoms with Crippen LogP contribution in [0.4, 0.5) is 15.8 Å². The van der Waals surface area contributed by atoms with Gasteiger partial charge in [-0.25, -0.2) is 14.2 Å². The molecule has 136 valence electrons. The largest absolute Gasteiger partial charge is 0.478 e. The molecule has 0 saturated heterocycles. The molecule has 26 heavy (non-hydrogen) atoms. The van der Waals surface area contributed by atoms with E-state index in [0.717, 1.165) is 15.8 Å². The Bertz CT molecular complexity index is 990. The Kier molecular flexibility index (Phi) is 5.52. The van der Waals surface area contributed by atoms with E-state index in [1.54, 1.807) is 28.7 Å². The van der Waals surface area contributed by atoms with Gasteiger partial charge >= 0.3 is 5.97 Å². The van der Waals surface area contributed by atoms with Crippen molar-refractivity contribution in [1.29, 1.82) is 0 Å². The van der Waals surface area contributed by atoms with Crippen LogP contribution in [0.1, 0.15) is 15.9 Å². The lowest BCUT2D eigenvalue weighted by Gasteiger charge is -2.14. The van der Waals surface area contributed by atoms with E-state index >= 15 is 4.39 Å². The average molecular weight is 438 g/mol. The van der Waals surface area contributed by atoms with E-state index in [0.29, 0.717) is 17.7 Å². The molecule has 3 aromatic rings. The van der Waals surface area contributed by atoms with E-state index in [1.807, 2.05) is 25.3 Å². The Labute approximate surface area is 162 Å². The number of anilines is 2. The Morgan fingerprint density at radius 2 is 2.19 bits per heavy atom. The molecule has 0 atom stereocenters. The van der Waals surface area contributed by atoms with Gasteiger partial charge in [-0.15, -0.1) is 0 Å². The van der Waals surface area contributed by atoms with Crippen molar-refractivity contribution in [3.8, 4) is 0 Å². The molecular weight excluding hydrogens is 421 g/mol. The van der Waals surface area contributed by atoms with Crippen LogP contribution in [0.3, 0.4) is 0 Å². The minimum Gasteiger partial charge on any atom is -0.478 e. The normalized spacial score (nSPS) is 11.1. The smallest absolute Gasteiger partial charge is 0.338 e. The van der Waals surface area contributed by atoms with Gasteiger partial charge in [0.2, 0.25) is 0 Å². The molecule has 0 aliphatic rings. The minimum atomic E-state index is -1.19. The molecule has 0 fully saturated rings. The van der Waals surface area contributed by atoms with Gasteiger partial charge in [0.25, 0.3) is 0 Å². The van der Waals surface area contributed by atoms with Gasteiger partial charge < -0.3 is 15.0 Å². The van der Waals surface area contributed by atoms with Crippen molar-refractivity contribution in [2.24, 2.45) is 0 Å². The molecule has 2 N–H and O–H groups in total. The monoisotopic (exact) mass is 437 g/mol. The second-order valence-corrected chi connectivity index (χ2v) is 7.70. The highest BCUT2D eigenvalue weighted by molar-refractivity contribution is 9.10. The Morgan fingerprint density at radius 1 is 1.42 bits per heavy atom. The van der Waals surface area contributed by atoms with E-state index in [4.69, 9.17) is 0 Å². The number of halogens is 2. The minimum absolute atomic E-state index is 0.0782. The van der Waals surface area contributed by atoms with Crippen LogP contribution in [0.15, 0.2) is 35.1 Å². The number of carbonyl (C=O) groups is 1. The summed E-state index contributed by atoms with van der Waals surface area (Å²) in [5.74, 6) is -1.03. The number of rotatable bonds is 6. The fourth-order valence-corrected chi connectivity index (χ4v) is 3.57. The van der Waals surface area contributed by atoms with Gasteiger partial charge in [0.15, 0.2) is 5.82 Å². The summed E-state index contributed by atoms with van der Waals surface area (Å²) in [6, 6.07) is 6.93. The fourth-order valence-electron chi connectivity index (χ4n) is 2.72. The zero-order valence-corrected chi connectivity index (χ0v) is 16.6. The first-order valence-corrected chi connectivity index (χ1v) is 10.0. The highest BCUT2D eigenvalue weighted by atomic mass is 79.9. The van der Waals surface area contributed by atoms with Crippen LogP contribution in [-0.2, 0) is 6.54 Å². The topological polar surface area (TPSA) is 67.2 Å². The van der Waals surface area contributed by atoms with Crippen molar-refractivity contribution in [1.82, 2.24) is 9.55 Å². The number of aromatic carboxylic acids is 1. The van der Waals surface area contributed by atoms with Crippen LogP contribution in [0.25, 0.3) is 11.0 Å². The SMILES string of the molecule is CSCCn1cnc2c(F)c(Nc3ccc(Br)cc3C)c(C(=O)O)cc21. The fraction of sp³-hybridized carbons (Fsp3) is 0.222. The number of thioether (sulfide) groups is 1. The first-order chi connectivity index (χ1) is 12.4. The number of carboxylic acid groups (broad SMARTS) is 1. The van der Waals surface area contributed by atoms with Crippen LogP contribution < -0.4 is 5.32 Å².